The van der Waals surface area contributed by atoms with Crippen LogP contribution in [0.1, 0.15) is 54.0 Å². The van der Waals surface area contributed by atoms with Gasteiger partial charge in [-0.3, -0.25) is 4.79 Å². The van der Waals surface area contributed by atoms with Gasteiger partial charge in [-0.25, -0.2) is 14.5 Å². The summed E-state index contributed by atoms with van der Waals surface area (Å²) >= 11 is 1.65. The fraction of sp³-hybridized carbons (Fsp3) is 0.308. The van der Waals surface area contributed by atoms with Crippen LogP contribution in [0.3, 0.4) is 0 Å². The minimum Gasteiger partial charge on any atom is -0.452 e. The van der Waals surface area contributed by atoms with Crippen LogP contribution < -0.4 is 0 Å². The molecule has 1 aliphatic heterocycles. The molecule has 1 atom stereocenters. The molecule has 0 saturated carbocycles. The van der Waals surface area contributed by atoms with Gasteiger partial charge in [-0.05, 0) is 44.2 Å². The highest BCUT2D eigenvalue weighted by atomic mass is 32.1. The maximum Gasteiger partial charge on any atom is 0.339 e. The molecule has 5 rings (SSSR count). The molecule has 0 N–H and O–H groups in total. The van der Waals surface area contributed by atoms with Crippen molar-refractivity contribution in [2.24, 2.45) is 0 Å². The number of benzene rings is 1. The average Bonchev–Trinajstić information content (AvgIpc) is 3.62. The number of nitrogens with zero attached hydrogens (tertiary/aromatic N) is 4. The third-order valence-electron chi connectivity index (χ3n) is 6.12. The summed E-state index contributed by atoms with van der Waals surface area (Å²) in [7, 11) is 0. The molecule has 3 aromatic heterocycles. The van der Waals surface area contributed by atoms with Gasteiger partial charge in [-0.2, -0.15) is 5.10 Å². The van der Waals surface area contributed by atoms with Crippen molar-refractivity contribution in [3.8, 4) is 11.3 Å². The van der Waals surface area contributed by atoms with Gasteiger partial charge in [0.2, 0.25) is 0 Å². The number of carbonyl (C=O) groups excluding carboxylic acids is 2. The monoisotopic (exact) mass is 474 g/mol. The highest BCUT2D eigenvalue weighted by Crippen LogP contribution is 2.34. The van der Waals surface area contributed by atoms with E-state index in [9.17, 15) is 9.59 Å². The third-order valence-corrected chi connectivity index (χ3v) is 7.09. The predicted octanol–water partition coefficient (Wildman–Crippen LogP) is 5.26. The largest absolute Gasteiger partial charge is 0.452 e. The van der Waals surface area contributed by atoms with Gasteiger partial charge in [0.25, 0.3) is 5.91 Å². The van der Waals surface area contributed by atoms with E-state index in [1.165, 1.54) is 4.88 Å². The molecule has 1 fully saturated rings. The Kier molecular flexibility index (Phi) is 6.15. The zero-order chi connectivity index (χ0) is 23.7. The summed E-state index contributed by atoms with van der Waals surface area (Å²) in [5, 5.41) is 7.08. The number of esters is 1. The fourth-order valence-electron chi connectivity index (χ4n) is 4.45. The molecule has 0 aliphatic carbocycles. The van der Waals surface area contributed by atoms with E-state index in [0.29, 0.717) is 28.8 Å². The zero-order valence-corrected chi connectivity index (χ0v) is 20.0. The third kappa shape index (κ3) is 4.21. The van der Waals surface area contributed by atoms with Crippen molar-refractivity contribution in [3.63, 3.8) is 0 Å². The summed E-state index contributed by atoms with van der Waals surface area (Å²) in [6, 6.07) is 15.6. The topological polar surface area (TPSA) is 77.3 Å². The molecule has 1 aromatic carbocycles. The second-order valence-corrected chi connectivity index (χ2v) is 9.66. The number of hydrogen-bond donors (Lipinski definition) is 0. The van der Waals surface area contributed by atoms with Crippen molar-refractivity contribution in [2.75, 3.05) is 13.2 Å². The van der Waals surface area contributed by atoms with Crippen molar-refractivity contribution in [1.82, 2.24) is 19.7 Å². The lowest BCUT2D eigenvalue weighted by Crippen LogP contribution is -2.34. The van der Waals surface area contributed by atoms with E-state index < -0.39 is 5.97 Å². The van der Waals surface area contributed by atoms with Crippen LogP contribution in [0.15, 0.2) is 60.1 Å². The van der Waals surface area contributed by atoms with Crippen molar-refractivity contribution in [1.29, 1.82) is 0 Å². The van der Waals surface area contributed by atoms with Crippen LogP contribution in [0.25, 0.3) is 22.3 Å². The molecule has 34 heavy (non-hydrogen) atoms. The Morgan fingerprint density at radius 3 is 2.74 bits per heavy atom. The number of ether oxygens (including phenoxy) is 1. The van der Waals surface area contributed by atoms with E-state index in [-0.39, 0.29) is 24.6 Å². The van der Waals surface area contributed by atoms with Crippen LogP contribution in [0.2, 0.25) is 0 Å². The molecule has 0 bridgehead atoms. The summed E-state index contributed by atoms with van der Waals surface area (Å²) in [6.45, 7) is 4.42. The molecular formula is C26H26N4O3S. The number of rotatable bonds is 6. The van der Waals surface area contributed by atoms with Crippen LogP contribution in [0, 0.1) is 0 Å². The lowest BCUT2D eigenvalue weighted by Gasteiger charge is -2.23. The Balaban J connectivity index is 1.41. The maximum absolute atomic E-state index is 13.2. The minimum absolute atomic E-state index is 0.0628. The predicted molar refractivity (Wildman–Crippen MR) is 132 cm³/mol. The van der Waals surface area contributed by atoms with Crippen molar-refractivity contribution >= 4 is 34.2 Å². The standard InChI is InChI=1S/C26H26N4O3S/c1-17(2)30-25-20(15-27-30)19(14-21(28-25)18-8-4-3-5-9-18)26(32)33-16-24(31)29-12-6-10-22(29)23-11-7-13-34-23/h3-5,7-9,11,13-15,17,22H,6,10,12,16H2,1-2H3. The molecule has 4 heterocycles. The molecule has 0 radical (unpaired) electrons. The molecular weight excluding hydrogens is 448 g/mol. The molecule has 0 spiro atoms. The van der Waals surface area contributed by atoms with E-state index >= 15 is 0 Å². The van der Waals surface area contributed by atoms with E-state index in [1.807, 2.05) is 60.5 Å². The number of thiophene rings is 1. The Labute approximate surface area is 202 Å². The van der Waals surface area contributed by atoms with Gasteiger partial charge in [0.15, 0.2) is 12.3 Å². The van der Waals surface area contributed by atoms with Gasteiger partial charge >= 0.3 is 5.97 Å². The molecule has 1 amide bonds. The highest BCUT2D eigenvalue weighted by molar-refractivity contribution is 7.10. The Hall–Kier alpha value is -3.52. The number of fused-ring (bicyclic) bond motifs is 1. The number of hydrogen-bond acceptors (Lipinski definition) is 6. The molecule has 174 valence electrons. The molecule has 1 saturated heterocycles. The zero-order valence-electron chi connectivity index (χ0n) is 19.2. The molecule has 7 nitrogen and oxygen atoms in total. The van der Waals surface area contributed by atoms with Crippen molar-refractivity contribution < 1.29 is 14.3 Å². The number of likely N-dealkylation sites (tertiary alicyclic amines) is 1. The minimum atomic E-state index is -0.548. The molecule has 1 unspecified atom stereocenters. The first-order valence-corrected chi connectivity index (χ1v) is 12.3. The summed E-state index contributed by atoms with van der Waals surface area (Å²) < 4.78 is 7.34. The van der Waals surface area contributed by atoms with Crippen molar-refractivity contribution in [2.45, 2.75) is 38.8 Å². The summed E-state index contributed by atoms with van der Waals surface area (Å²) in [5.41, 5.74) is 2.53. The van der Waals surface area contributed by atoms with E-state index in [1.54, 1.807) is 28.3 Å². The second-order valence-electron chi connectivity index (χ2n) is 8.68. The second kappa shape index (κ2) is 9.38. The lowest BCUT2D eigenvalue weighted by molar-refractivity contribution is -0.135. The van der Waals surface area contributed by atoms with Crippen molar-refractivity contribution in [3.05, 3.63) is 70.5 Å². The Morgan fingerprint density at radius 2 is 2.00 bits per heavy atom. The first kappa shape index (κ1) is 22.3. The van der Waals surface area contributed by atoms with Gasteiger partial charge in [0, 0.05) is 23.0 Å². The first-order valence-electron chi connectivity index (χ1n) is 11.5. The average molecular weight is 475 g/mol. The Morgan fingerprint density at radius 1 is 1.18 bits per heavy atom. The summed E-state index contributed by atoms with van der Waals surface area (Å²) in [4.78, 5) is 33.9. The van der Waals surface area contributed by atoms with E-state index in [2.05, 4.69) is 11.2 Å². The van der Waals surface area contributed by atoms with Gasteiger partial charge < -0.3 is 9.64 Å². The SMILES string of the molecule is CC(C)n1ncc2c(C(=O)OCC(=O)N3CCCC3c3cccs3)cc(-c3ccccc3)nc21. The lowest BCUT2D eigenvalue weighted by atomic mass is 10.1. The number of carbonyl (C=O) groups is 2. The quantitative estimate of drug-likeness (QED) is 0.356. The summed E-state index contributed by atoms with van der Waals surface area (Å²) in [6.07, 6.45) is 3.52. The smallest absolute Gasteiger partial charge is 0.339 e. The van der Waals surface area contributed by atoms with Crippen LogP contribution in [-0.2, 0) is 9.53 Å². The van der Waals surface area contributed by atoms with Gasteiger partial charge in [0.1, 0.15) is 0 Å². The van der Waals surface area contributed by atoms with Crippen LogP contribution >= 0.6 is 11.3 Å². The van der Waals surface area contributed by atoms with Gasteiger partial charge in [-0.1, -0.05) is 36.4 Å². The molecule has 1 aliphatic rings. The van der Waals surface area contributed by atoms with Crippen LogP contribution in [0.4, 0.5) is 0 Å². The van der Waals surface area contributed by atoms with Gasteiger partial charge in [-0.15, -0.1) is 11.3 Å². The Bertz CT molecular complexity index is 1310. The van der Waals surface area contributed by atoms with Crippen LogP contribution in [-0.4, -0.2) is 44.7 Å². The normalized spacial score (nSPS) is 15.9. The molecule has 8 heteroatoms. The van der Waals surface area contributed by atoms with Crippen LogP contribution in [0.5, 0.6) is 0 Å². The summed E-state index contributed by atoms with van der Waals surface area (Å²) in [5.74, 6) is -0.719. The number of pyridine rings is 1. The fourth-order valence-corrected chi connectivity index (χ4v) is 5.33. The van der Waals surface area contributed by atoms with E-state index in [0.717, 1.165) is 18.4 Å². The maximum atomic E-state index is 13.2. The number of amides is 1. The first-order chi connectivity index (χ1) is 16.5. The van der Waals surface area contributed by atoms with Gasteiger partial charge in [0.05, 0.1) is 28.9 Å². The number of aromatic nitrogens is 3. The molecule has 4 aromatic rings. The highest BCUT2D eigenvalue weighted by Gasteiger charge is 2.31. The van der Waals surface area contributed by atoms with E-state index in [4.69, 9.17) is 9.72 Å².